The number of amides is 1. The highest BCUT2D eigenvalue weighted by atomic mass is 16.2. The van der Waals surface area contributed by atoms with Crippen LogP contribution in [0.4, 0.5) is 0 Å². The maximum Gasteiger partial charge on any atom is 0.222 e. The van der Waals surface area contributed by atoms with Crippen LogP contribution >= 0.6 is 0 Å². The highest BCUT2D eigenvalue weighted by molar-refractivity contribution is 5.82. The molecule has 0 aromatic rings. The van der Waals surface area contributed by atoms with Crippen molar-refractivity contribution in [2.75, 3.05) is 0 Å². The number of carbonyl (C=O) groups excluding carboxylic acids is 1. The Morgan fingerprint density at radius 1 is 1.89 bits per heavy atom. The predicted octanol–water partition coefficient (Wildman–Crippen LogP) is 0.288. The van der Waals surface area contributed by atoms with Gasteiger partial charge in [-0.15, -0.1) is 11.8 Å². The lowest BCUT2D eigenvalue weighted by Gasteiger charge is -2.24. The maximum atomic E-state index is 10.3. The molecular weight excluding hydrogens is 114 g/mol. The first-order valence-corrected chi connectivity index (χ1v) is 3.02. The topological polar surface area (TPSA) is 29.1 Å². The summed E-state index contributed by atoms with van der Waals surface area (Å²) in [5, 5.41) is 2.74. The number of nitrogens with one attached hydrogen (secondary N) is 1. The van der Waals surface area contributed by atoms with E-state index in [0.717, 1.165) is 6.42 Å². The summed E-state index contributed by atoms with van der Waals surface area (Å²) in [4.78, 5) is 10.3. The van der Waals surface area contributed by atoms with Gasteiger partial charge in [-0.3, -0.25) is 4.79 Å². The fraction of sp³-hybridized carbons (Fsp3) is 0.571. The van der Waals surface area contributed by atoms with Crippen molar-refractivity contribution >= 4 is 5.91 Å². The summed E-state index contributed by atoms with van der Waals surface area (Å²) in [6, 6.07) is 0.338. The fourth-order valence-corrected chi connectivity index (χ4v) is 0.779. The van der Waals surface area contributed by atoms with Gasteiger partial charge in [0.15, 0.2) is 0 Å². The molecule has 1 N–H and O–H groups in total. The molecule has 48 valence electrons. The average Bonchev–Trinajstić information content (AvgIpc) is 1.78. The van der Waals surface area contributed by atoms with Gasteiger partial charge in [0, 0.05) is 18.9 Å². The van der Waals surface area contributed by atoms with Gasteiger partial charge in [0.2, 0.25) is 5.91 Å². The van der Waals surface area contributed by atoms with Gasteiger partial charge in [0.05, 0.1) is 0 Å². The van der Waals surface area contributed by atoms with Crippen molar-refractivity contribution in [3.05, 3.63) is 0 Å². The molecule has 1 atom stereocenters. The van der Waals surface area contributed by atoms with Crippen molar-refractivity contribution in [1.29, 1.82) is 0 Å². The number of hydrogen-bond donors (Lipinski definition) is 1. The van der Waals surface area contributed by atoms with Crippen LogP contribution in [0.2, 0.25) is 0 Å². The molecule has 1 amide bonds. The van der Waals surface area contributed by atoms with E-state index in [1.165, 1.54) is 0 Å². The summed E-state index contributed by atoms with van der Waals surface area (Å²) in [6.07, 6.45) is 1.47. The third-order valence-electron chi connectivity index (χ3n) is 1.32. The Bertz CT molecular complexity index is 167. The summed E-state index contributed by atoms with van der Waals surface area (Å²) in [7, 11) is 0. The van der Waals surface area contributed by atoms with Gasteiger partial charge in [-0.1, -0.05) is 0 Å². The lowest BCUT2D eigenvalue weighted by molar-refractivity contribution is -0.127. The van der Waals surface area contributed by atoms with Gasteiger partial charge in [-0.05, 0) is 6.92 Å². The van der Waals surface area contributed by atoms with Crippen molar-refractivity contribution in [3.8, 4) is 11.8 Å². The number of β-lactam (4-membered cyclic amide) rings is 1. The van der Waals surface area contributed by atoms with Gasteiger partial charge in [0.1, 0.15) is 0 Å². The molecule has 2 nitrogen and oxygen atoms in total. The van der Waals surface area contributed by atoms with E-state index in [0.29, 0.717) is 12.5 Å². The molecule has 9 heavy (non-hydrogen) atoms. The zero-order valence-electron chi connectivity index (χ0n) is 5.40. The van der Waals surface area contributed by atoms with Crippen molar-refractivity contribution in [2.24, 2.45) is 0 Å². The Labute approximate surface area is 54.6 Å². The van der Waals surface area contributed by atoms with Crippen LogP contribution in [0.15, 0.2) is 0 Å². The standard InChI is InChI=1S/C7H9NO/c1-2-3-4-6-5-7(9)8-6/h6H,4-5H2,1H3,(H,8,9). The molecule has 0 radical (unpaired) electrons. The Kier molecular flexibility index (Phi) is 1.74. The molecule has 0 bridgehead atoms. The van der Waals surface area contributed by atoms with Crippen LogP contribution in [0.1, 0.15) is 19.8 Å². The van der Waals surface area contributed by atoms with Crippen LogP contribution in [0, 0.1) is 11.8 Å². The van der Waals surface area contributed by atoms with E-state index in [1.807, 2.05) is 0 Å². The minimum absolute atomic E-state index is 0.151. The molecule has 0 aliphatic carbocycles. The zero-order chi connectivity index (χ0) is 6.69. The van der Waals surface area contributed by atoms with Crippen molar-refractivity contribution in [1.82, 2.24) is 5.32 Å². The second kappa shape index (κ2) is 2.54. The molecule has 1 rings (SSSR count). The lowest BCUT2D eigenvalue weighted by atomic mass is 10.0. The van der Waals surface area contributed by atoms with Crippen LogP contribution in [0.3, 0.4) is 0 Å². The summed E-state index contributed by atoms with van der Waals surface area (Å²) < 4.78 is 0. The summed E-state index contributed by atoms with van der Waals surface area (Å²) in [5.41, 5.74) is 0. The second-order valence-corrected chi connectivity index (χ2v) is 2.10. The first kappa shape index (κ1) is 6.15. The molecule has 0 aromatic heterocycles. The van der Waals surface area contributed by atoms with Crippen molar-refractivity contribution in [3.63, 3.8) is 0 Å². The smallest absolute Gasteiger partial charge is 0.222 e. The monoisotopic (exact) mass is 123 g/mol. The normalized spacial score (nSPS) is 23.2. The third kappa shape index (κ3) is 1.46. The first-order chi connectivity index (χ1) is 4.33. The molecule has 1 saturated heterocycles. The van der Waals surface area contributed by atoms with Gasteiger partial charge in [0.25, 0.3) is 0 Å². The lowest BCUT2D eigenvalue weighted by Crippen LogP contribution is -2.48. The highest BCUT2D eigenvalue weighted by Gasteiger charge is 2.23. The zero-order valence-corrected chi connectivity index (χ0v) is 5.40. The Hall–Kier alpha value is -0.970. The van der Waals surface area contributed by atoms with E-state index in [2.05, 4.69) is 17.2 Å². The molecule has 2 heteroatoms. The minimum atomic E-state index is 0.151. The van der Waals surface area contributed by atoms with E-state index >= 15 is 0 Å². The molecule has 1 unspecified atom stereocenters. The van der Waals surface area contributed by atoms with Gasteiger partial charge in [-0.2, -0.15) is 0 Å². The largest absolute Gasteiger partial charge is 0.352 e. The van der Waals surface area contributed by atoms with Crippen LogP contribution in [-0.4, -0.2) is 11.9 Å². The Morgan fingerprint density at radius 2 is 2.56 bits per heavy atom. The van der Waals surface area contributed by atoms with Gasteiger partial charge in [-0.25, -0.2) is 0 Å². The number of carbonyl (C=O) groups is 1. The van der Waals surface area contributed by atoms with Crippen molar-refractivity contribution in [2.45, 2.75) is 25.8 Å². The van der Waals surface area contributed by atoms with E-state index in [4.69, 9.17) is 0 Å². The third-order valence-corrected chi connectivity index (χ3v) is 1.32. The van der Waals surface area contributed by atoms with E-state index in [-0.39, 0.29) is 5.91 Å². The van der Waals surface area contributed by atoms with Gasteiger partial charge < -0.3 is 5.32 Å². The van der Waals surface area contributed by atoms with E-state index in [1.54, 1.807) is 6.92 Å². The predicted molar refractivity (Wildman–Crippen MR) is 34.6 cm³/mol. The number of hydrogen-bond acceptors (Lipinski definition) is 1. The van der Waals surface area contributed by atoms with Gasteiger partial charge >= 0.3 is 0 Å². The summed E-state index contributed by atoms with van der Waals surface area (Å²) in [5.74, 6) is 5.84. The number of rotatable bonds is 1. The van der Waals surface area contributed by atoms with E-state index in [9.17, 15) is 4.79 Å². The van der Waals surface area contributed by atoms with Crippen LogP contribution < -0.4 is 5.32 Å². The van der Waals surface area contributed by atoms with Crippen LogP contribution in [-0.2, 0) is 4.79 Å². The second-order valence-electron chi connectivity index (χ2n) is 2.10. The summed E-state index contributed by atoms with van der Waals surface area (Å²) >= 11 is 0. The highest BCUT2D eigenvalue weighted by Crippen LogP contribution is 2.06. The first-order valence-electron chi connectivity index (χ1n) is 3.02. The molecule has 1 aliphatic heterocycles. The molecule has 0 aromatic carbocycles. The molecule has 1 fully saturated rings. The van der Waals surface area contributed by atoms with Crippen LogP contribution in [0.5, 0.6) is 0 Å². The molecule has 0 spiro atoms. The molecule has 1 aliphatic rings. The quantitative estimate of drug-likeness (QED) is 0.394. The summed E-state index contributed by atoms with van der Waals surface area (Å²) in [6.45, 7) is 1.81. The minimum Gasteiger partial charge on any atom is -0.352 e. The average molecular weight is 123 g/mol. The molecule has 1 heterocycles. The fourth-order valence-electron chi connectivity index (χ4n) is 0.779. The maximum absolute atomic E-state index is 10.3. The molecule has 0 saturated carbocycles. The Balaban J connectivity index is 2.15. The van der Waals surface area contributed by atoms with Crippen molar-refractivity contribution < 1.29 is 4.79 Å². The Morgan fingerprint density at radius 3 is 3.00 bits per heavy atom. The SMILES string of the molecule is CC#CCC1CC(=O)N1. The van der Waals surface area contributed by atoms with E-state index < -0.39 is 0 Å². The molecular formula is C7H9NO. The van der Waals surface area contributed by atoms with Crippen LogP contribution in [0.25, 0.3) is 0 Å².